The van der Waals surface area contributed by atoms with E-state index in [0.29, 0.717) is 11.4 Å². The fraction of sp³-hybridized carbons (Fsp3) is 0.571. The van der Waals surface area contributed by atoms with Crippen molar-refractivity contribution in [2.45, 2.75) is 24.8 Å². The van der Waals surface area contributed by atoms with E-state index in [1.807, 2.05) is 24.3 Å². The second kappa shape index (κ2) is 9.36. The first-order valence-electron chi connectivity index (χ1n) is 6.15. The summed E-state index contributed by atoms with van der Waals surface area (Å²) in [4.78, 5) is 0.415. The molecule has 1 aromatic rings. The minimum absolute atomic E-state index is 0.415. The Hall–Kier alpha value is -0.580. The molecule has 0 aromatic heterocycles. The van der Waals surface area contributed by atoms with E-state index in [9.17, 15) is 0 Å². The predicted molar refractivity (Wildman–Crippen MR) is 76.5 cm³/mol. The number of halogens is 1. The Morgan fingerprint density at radius 2 is 1.78 bits per heavy atom. The molecule has 0 aliphatic rings. The molecule has 1 aromatic carbocycles. The van der Waals surface area contributed by atoms with Crippen LogP contribution in [-0.4, -0.2) is 31.8 Å². The number of alkyl halides is 1. The van der Waals surface area contributed by atoms with Crippen molar-refractivity contribution < 1.29 is 14.2 Å². The Labute approximate surface area is 118 Å². The van der Waals surface area contributed by atoms with E-state index in [0.717, 1.165) is 37.6 Å². The Bertz CT molecular complexity index is 311. The van der Waals surface area contributed by atoms with Crippen LogP contribution in [0.1, 0.15) is 18.9 Å². The number of hydrogen-bond acceptors (Lipinski definition) is 3. The number of benzene rings is 1. The van der Waals surface area contributed by atoms with Crippen molar-refractivity contribution in [3.05, 3.63) is 29.8 Å². The van der Waals surface area contributed by atoms with Gasteiger partial charge in [-0.25, -0.2) is 0 Å². The van der Waals surface area contributed by atoms with Gasteiger partial charge in [-0.05, 0) is 24.1 Å². The van der Waals surface area contributed by atoms with Crippen LogP contribution in [0.25, 0.3) is 0 Å². The number of hydrogen-bond donors (Lipinski definition) is 0. The smallest absolute Gasteiger partial charge is 0.118 e. The van der Waals surface area contributed by atoms with Crippen molar-refractivity contribution in [3.8, 4) is 5.75 Å². The van der Waals surface area contributed by atoms with Gasteiger partial charge < -0.3 is 14.2 Å². The van der Waals surface area contributed by atoms with Crippen LogP contribution < -0.4 is 4.74 Å². The molecule has 0 aliphatic heterocycles. The van der Waals surface area contributed by atoms with E-state index in [1.54, 1.807) is 7.11 Å². The van der Waals surface area contributed by atoms with Gasteiger partial charge in [0.25, 0.3) is 0 Å². The Morgan fingerprint density at radius 1 is 1.11 bits per heavy atom. The monoisotopic (exact) mass is 316 g/mol. The molecule has 0 saturated heterocycles. The van der Waals surface area contributed by atoms with E-state index >= 15 is 0 Å². The van der Waals surface area contributed by atoms with E-state index in [2.05, 4.69) is 22.9 Å². The van der Waals surface area contributed by atoms with Crippen LogP contribution in [0.3, 0.4) is 0 Å². The summed E-state index contributed by atoms with van der Waals surface area (Å²) in [5.41, 5.74) is 1.16. The van der Waals surface area contributed by atoms with Crippen molar-refractivity contribution in [1.82, 2.24) is 0 Å². The zero-order valence-electron chi connectivity index (χ0n) is 11.0. The summed E-state index contributed by atoms with van der Waals surface area (Å²) in [5, 5.41) is 0. The molecule has 0 fully saturated rings. The maximum atomic E-state index is 5.57. The quantitative estimate of drug-likeness (QED) is 0.516. The van der Waals surface area contributed by atoms with Gasteiger partial charge in [0.05, 0.1) is 20.3 Å². The molecule has 0 saturated carbocycles. The lowest BCUT2D eigenvalue weighted by Gasteiger charge is -2.07. The lowest BCUT2D eigenvalue weighted by atomic mass is 10.2. The first kappa shape index (κ1) is 15.5. The first-order chi connectivity index (χ1) is 8.72. The Morgan fingerprint density at radius 3 is 2.39 bits per heavy atom. The van der Waals surface area contributed by atoms with Gasteiger partial charge in [-0.15, -0.1) is 0 Å². The standard InChI is InChI=1S/C14H21BrO3/c1-12(15)10-17-8-3-9-18-11-13-4-6-14(16-2)7-5-13/h4-7,12H,3,8-11H2,1-2H3/t12-/m1/s1. The molecule has 0 aliphatic carbocycles. The highest BCUT2D eigenvalue weighted by Crippen LogP contribution is 2.11. The molecular weight excluding hydrogens is 296 g/mol. The molecule has 0 amide bonds. The van der Waals surface area contributed by atoms with Crippen LogP contribution in [0.2, 0.25) is 0 Å². The van der Waals surface area contributed by atoms with Crippen LogP contribution in [0.5, 0.6) is 5.75 Å². The highest BCUT2D eigenvalue weighted by atomic mass is 79.9. The highest BCUT2D eigenvalue weighted by molar-refractivity contribution is 9.09. The summed E-state index contributed by atoms with van der Waals surface area (Å²) in [7, 11) is 1.67. The summed E-state index contributed by atoms with van der Waals surface area (Å²) in [6, 6.07) is 7.92. The predicted octanol–water partition coefficient (Wildman–Crippen LogP) is 3.40. The third kappa shape index (κ3) is 6.99. The van der Waals surface area contributed by atoms with E-state index < -0.39 is 0 Å². The Kier molecular flexibility index (Phi) is 8.05. The SMILES string of the molecule is COc1ccc(COCCCOC[C@@H](C)Br)cc1. The summed E-state index contributed by atoms with van der Waals surface area (Å²) in [6.07, 6.45) is 0.926. The summed E-state index contributed by atoms with van der Waals surface area (Å²) < 4.78 is 16.1. The zero-order valence-corrected chi connectivity index (χ0v) is 12.6. The van der Waals surface area contributed by atoms with Crippen LogP contribution in [0.4, 0.5) is 0 Å². The molecule has 4 heteroatoms. The van der Waals surface area contributed by atoms with Gasteiger partial charge in [0.15, 0.2) is 0 Å². The fourth-order valence-corrected chi connectivity index (χ4v) is 1.61. The van der Waals surface area contributed by atoms with Gasteiger partial charge in [-0.2, -0.15) is 0 Å². The molecule has 1 atom stereocenters. The van der Waals surface area contributed by atoms with Gasteiger partial charge in [0.2, 0.25) is 0 Å². The molecule has 0 bridgehead atoms. The molecule has 3 nitrogen and oxygen atoms in total. The average Bonchev–Trinajstić information content (AvgIpc) is 2.38. The minimum Gasteiger partial charge on any atom is -0.497 e. The number of rotatable bonds is 9. The first-order valence-corrected chi connectivity index (χ1v) is 7.06. The second-order valence-corrected chi connectivity index (χ2v) is 5.67. The van der Waals surface area contributed by atoms with Gasteiger partial charge in [0, 0.05) is 18.0 Å². The van der Waals surface area contributed by atoms with Gasteiger partial charge in [-0.3, -0.25) is 0 Å². The molecule has 18 heavy (non-hydrogen) atoms. The van der Waals surface area contributed by atoms with Crippen LogP contribution >= 0.6 is 15.9 Å². The fourth-order valence-electron chi connectivity index (χ4n) is 1.42. The topological polar surface area (TPSA) is 27.7 Å². The van der Waals surface area contributed by atoms with Crippen LogP contribution in [-0.2, 0) is 16.1 Å². The van der Waals surface area contributed by atoms with Crippen molar-refractivity contribution >= 4 is 15.9 Å². The van der Waals surface area contributed by atoms with E-state index in [1.165, 1.54) is 0 Å². The molecule has 102 valence electrons. The molecule has 0 heterocycles. The van der Waals surface area contributed by atoms with Gasteiger partial charge in [0.1, 0.15) is 5.75 Å². The van der Waals surface area contributed by atoms with Gasteiger partial charge >= 0.3 is 0 Å². The molecule has 0 N–H and O–H groups in total. The number of ether oxygens (including phenoxy) is 3. The minimum atomic E-state index is 0.415. The van der Waals surface area contributed by atoms with Crippen LogP contribution in [0, 0.1) is 0 Å². The third-order valence-corrected chi connectivity index (χ3v) is 2.62. The van der Waals surface area contributed by atoms with Crippen molar-refractivity contribution in [2.24, 2.45) is 0 Å². The molecule has 0 unspecified atom stereocenters. The van der Waals surface area contributed by atoms with Crippen molar-refractivity contribution in [1.29, 1.82) is 0 Å². The Balaban J connectivity index is 2.03. The van der Waals surface area contributed by atoms with E-state index in [4.69, 9.17) is 14.2 Å². The van der Waals surface area contributed by atoms with Crippen molar-refractivity contribution in [2.75, 3.05) is 26.9 Å². The molecule has 0 spiro atoms. The second-order valence-electron chi connectivity index (χ2n) is 4.11. The summed E-state index contributed by atoms with van der Waals surface area (Å²) in [6.45, 7) is 4.93. The molecule has 0 radical (unpaired) electrons. The zero-order chi connectivity index (χ0) is 13.2. The van der Waals surface area contributed by atoms with Crippen molar-refractivity contribution in [3.63, 3.8) is 0 Å². The van der Waals surface area contributed by atoms with Gasteiger partial charge in [-0.1, -0.05) is 35.0 Å². The molecular formula is C14H21BrO3. The van der Waals surface area contributed by atoms with Crippen LogP contribution in [0.15, 0.2) is 24.3 Å². The summed E-state index contributed by atoms with van der Waals surface area (Å²) in [5.74, 6) is 0.871. The average molecular weight is 317 g/mol. The maximum absolute atomic E-state index is 5.57. The third-order valence-electron chi connectivity index (χ3n) is 2.35. The summed E-state index contributed by atoms with van der Waals surface area (Å²) >= 11 is 3.43. The molecule has 1 rings (SSSR count). The highest BCUT2D eigenvalue weighted by Gasteiger charge is 1.97. The maximum Gasteiger partial charge on any atom is 0.118 e. The lowest BCUT2D eigenvalue weighted by Crippen LogP contribution is -2.07. The number of methoxy groups -OCH3 is 1. The largest absolute Gasteiger partial charge is 0.497 e. The van der Waals surface area contributed by atoms with E-state index in [-0.39, 0.29) is 0 Å². The lowest BCUT2D eigenvalue weighted by molar-refractivity contribution is 0.0774. The normalized spacial score (nSPS) is 12.4.